The molecule has 2 rings (SSSR count). The molecule has 0 bridgehead atoms. The average Bonchev–Trinajstić information content (AvgIpc) is 2.34. The number of nitrogens with two attached hydrogens (primary N) is 1. The molecule has 1 fully saturated rings. The van der Waals surface area contributed by atoms with Crippen molar-refractivity contribution in [3.05, 3.63) is 24.0 Å². The molecular formula is C13H19FN2O. The Morgan fingerprint density at radius 2 is 2.35 bits per heavy atom. The summed E-state index contributed by atoms with van der Waals surface area (Å²) in [4.78, 5) is 2.01. The Kier molecular flexibility index (Phi) is 3.84. The minimum absolute atomic E-state index is 0.228. The van der Waals surface area contributed by atoms with Gasteiger partial charge < -0.3 is 15.4 Å². The fraction of sp³-hybridized carbons (Fsp3) is 0.538. The monoisotopic (exact) mass is 238 g/mol. The molecule has 1 heterocycles. The van der Waals surface area contributed by atoms with Crippen LogP contribution in [0.2, 0.25) is 0 Å². The minimum Gasteiger partial charge on any atom is -0.395 e. The zero-order valence-electron chi connectivity index (χ0n) is 10.2. The summed E-state index contributed by atoms with van der Waals surface area (Å²) in [5.41, 5.74) is 6.73. The van der Waals surface area contributed by atoms with Crippen molar-refractivity contribution in [2.75, 3.05) is 37.4 Å². The molecular weight excluding hydrogens is 219 g/mol. The first-order valence-corrected chi connectivity index (χ1v) is 6.01. The van der Waals surface area contributed by atoms with Crippen molar-refractivity contribution in [2.24, 2.45) is 5.92 Å². The first-order valence-electron chi connectivity index (χ1n) is 6.01. The second-order valence-electron chi connectivity index (χ2n) is 4.64. The van der Waals surface area contributed by atoms with Gasteiger partial charge in [-0.05, 0) is 30.9 Å². The van der Waals surface area contributed by atoms with Crippen LogP contribution in [0.25, 0.3) is 0 Å². The van der Waals surface area contributed by atoms with Gasteiger partial charge in [0.15, 0.2) is 0 Å². The highest BCUT2D eigenvalue weighted by Gasteiger charge is 2.17. The van der Waals surface area contributed by atoms with Crippen LogP contribution in [0, 0.1) is 11.7 Å². The minimum atomic E-state index is -0.353. The van der Waals surface area contributed by atoms with Crippen LogP contribution in [-0.4, -0.2) is 26.8 Å². The summed E-state index contributed by atoms with van der Waals surface area (Å²) < 4.78 is 18.8. The van der Waals surface area contributed by atoms with Crippen molar-refractivity contribution < 1.29 is 9.13 Å². The average molecular weight is 238 g/mol. The van der Waals surface area contributed by atoms with Gasteiger partial charge in [0.2, 0.25) is 0 Å². The van der Waals surface area contributed by atoms with E-state index in [1.807, 2.05) is 18.0 Å². The van der Waals surface area contributed by atoms with E-state index in [1.54, 1.807) is 6.07 Å². The Morgan fingerprint density at radius 3 is 3.06 bits per heavy atom. The van der Waals surface area contributed by atoms with E-state index in [0.717, 1.165) is 31.9 Å². The lowest BCUT2D eigenvalue weighted by molar-refractivity contribution is 0.0576. The number of benzene rings is 1. The maximum absolute atomic E-state index is 13.3. The van der Waals surface area contributed by atoms with Crippen molar-refractivity contribution in [1.29, 1.82) is 0 Å². The van der Waals surface area contributed by atoms with E-state index in [1.165, 1.54) is 12.5 Å². The molecule has 17 heavy (non-hydrogen) atoms. The highest BCUT2D eigenvalue weighted by atomic mass is 19.1. The number of hydrogen-bond donors (Lipinski definition) is 1. The van der Waals surface area contributed by atoms with Crippen LogP contribution < -0.4 is 10.6 Å². The van der Waals surface area contributed by atoms with E-state index in [-0.39, 0.29) is 11.5 Å². The molecule has 3 nitrogen and oxygen atoms in total. The van der Waals surface area contributed by atoms with E-state index in [2.05, 4.69) is 0 Å². The summed E-state index contributed by atoms with van der Waals surface area (Å²) in [6.45, 7) is 2.51. The highest BCUT2D eigenvalue weighted by molar-refractivity contribution is 5.67. The topological polar surface area (TPSA) is 38.5 Å². The summed E-state index contributed by atoms with van der Waals surface area (Å²) in [6, 6.07) is 4.92. The SMILES string of the molecule is CN(CC1CCCOC1)c1cccc(F)c1N. The van der Waals surface area contributed by atoms with Gasteiger partial charge >= 0.3 is 0 Å². The Hall–Kier alpha value is -1.29. The molecule has 1 aromatic carbocycles. The maximum Gasteiger partial charge on any atom is 0.148 e. The van der Waals surface area contributed by atoms with Crippen LogP contribution in [0.15, 0.2) is 18.2 Å². The van der Waals surface area contributed by atoms with Gasteiger partial charge in [-0.25, -0.2) is 4.39 Å². The molecule has 4 heteroatoms. The Bertz CT molecular complexity index is 378. The number of anilines is 2. The third-order valence-electron chi connectivity index (χ3n) is 3.23. The van der Waals surface area contributed by atoms with Gasteiger partial charge in [-0.3, -0.25) is 0 Å². The van der Waals surface area contributed by atoms with E-state index in [0.29, 0.717) is 5.92 Å². The molecule has 1 aromatic rings. The van der Waals surface area contributed by atoms with Gasteiger partial charge in [-0.15, -0.1) is 0 Å². The summed E-state index contributed by atoms with van der Waals surface area (Å²) in [7, 11) is 1.94. The van der Waals surface area contributed by atoms with Crippen LogP contribution in [0.5, 0.6) is 0 Å². The van der Waals surface area contributed by atoms with Crippen molar-refractivity contribution in [2.45, 2.75) is 12.8 Å². The number of halogens is 1. The molecule has 1 aliphatic heterocycles. The molecule has 0 amide bonds. The van der Waals surface area contributed by atoms with Crippen molar-refractivity contribution in [3.8, 4) is 0 Å². The number of nitrogens with zero attached hydrogens (tertiary/aromatic N) is 1. The van der Waals surface area contributed by atoms with Crippen LogP contribution >= 0.6 is 0 Å². The number of hydrogen-bond acceptors (Lipinski definition) is 3. The molecule has 0 aliphatic carbocycles. The van der Waals surface area contributed by atoms with Gasteiger partial charge in [0.25, 0.3) is 0 Å². The fourth-order valence-corrected chi connectivity index (χ4v) is 2.30. The van der Waals surface area contributed by atoms with Gasteiger partial charge in [-0.2, -0.15) is 0 Å². The predicted molar refractivity (Wildman–Crippen MR) is 67.6 cm³/mol. The molecule has 0 spiro atoms. The lowest BCUT2D eigenvalue weighted by Crippen LogP contribution is -2.31. The lowest BCUT2D eigenvalue weighted by Gasteiger charge is -2.29. The van der Waals surface area contributed by atoms with Crippen LogP contribution in [-0.2, 0) is 4.74 Å². The number of nitrogen functional groups attached to an aromatic ring is 1. The quantitative estimate of drug-likeness (QED) is 0.821. The van der Waals surface area contributed by atoms with Crippen LogP contribution in [0.4, 0.5) is 15.8 Å². The second kappa shape index (κ2) is 5.36. The Labute approximate surface area is 101 Å². The maximum atomic E-state index is 13.3. The zero-order valence-corrected chi connectivity index (χ0v) is 10.2. The van der Waals surface area contributed by atoms with Crippen molar-refractivity contribution in [3.63, 3.8) is 0 Å². The van der Waals surface area contributed by atoms with Crippen LogP contribution in [0.1, 0.15) is 12.8 Å². The van der Waals surface area contributed by atoms with Gasteiger partial charge in [0.05, 0.1) is 18.0 Å². The van der Waals surface area contributed by atoms with E-state index in [4.69, 9.17) is 10.5 Å². The third-order valence-corrected chi connectivity index (χ3v) is 3.23. The van der Waals surface area contributed by atoms with Gasteiger partial charge in [-0.1, -0.05) is 6.07 Å². The summed E-state index contributed by atoms with van der Waals surface area (Å²) in [5, 5.41) is 0. The molecule has 2 N–H and O–H groups in total. The summed E-state index contributed by atoms with van der Waals surface area (Å²) in [6.07, 6.45) is 2.27. The number of para-hydroxylation sites is 1. The Morgan fingerprint density at radius 1 is 1.53 bits per heavy atom. The molecule has 1 saturated heterocycles. The van der Waals surface area contributed by atoms with E-state index < -0.39 is 0 Å². The standard InChI is InChI=1S/C13H19FN2O/c1-16(8-10-4-3-7-17-9-10)12-6-2-5-11(14)13(12)15/h2,5-6,10H,3-4,7-9,15H2,1H3. The Balaban J connectivity index is 2.03. The smallest absolute Gasteiger partial charge is 0.148 e. The molecule has 1 unspecified atom stereocenters. The highest BCUT2D eigenvalue weighted by Crippen LogP contribution is 2.26. The zero-order chi connectivity index (χ0) is 12.3. The normalized spacial score (nSPS) is 20.2. The van der Waals surface area contributed by atoms with Crippen molar-refractivity contribution in [1.82, 2.24) is 0 Å². The number of rotatable bonds is 3. The summed E-state index contributed by atoms with van der Waals surface area (Å²) in [5.74, 6) is 0.158. The van der Waals surface area contributed by atoms with Crippen molar-refractivity contribution >= 4 is 11.4 Å². The first kappa shape index (κ1) is 12.2. The van der Waals surface area contributed by atoms with Gasteiger partial charge in [0, 0.05) is 20.2 Å². The largest absolute Gasteiger partial charge is 0.395 e. The first-order chi connectivity index (χ1) is 8.18. The third kappa shape index (κ3) is 2.88. The molecule has 1 atom stereocenters. The van der Waals surface area contributed by atoms with E-state index in [9.17, 15) is 4.39 Å². The molecule has 0 saturated carbocycles. The molecule has 1 aliphatic rings. The lowest BCUT2D eigenvalue weighted by atomic mass is 10.0. The number of ether oxygens (including phenoxy) is 1. The molecule has 94 valence electrons. The van der Waals surface area contributed by atoms with Crippen LogP contribution in [0.3, 0.4) is 0 Å². The fourth-order valence-electron chi connectivity index (χ4n) is 2.30. The predicted octanol–water partition coefficient (Wildman–Crippen LogP) is 2.27. The molecule has 0 aromatic heterocycles. The second-order valence-corrected chi connectivity index (χ2v) is 4.64. The molecule has 0 radical (unpaired) electrons. The van der Waals surface area contributed by atoms with E-state index >= 15 is 0 Å². The van der Waals surface area contributed by atoms with Gasteiger partial charge in [0.1, 0.15) is 5.82 Å². The summed E-state index contributed by atoms with van der Waals surface area (Å²) >= 11 is 0.